The highest BCUT2D eigenvalue weighted by Gasteiger charge is 2.40. The van der Waals surface area contributed by atoms with Gasteiger partial charge in [-0.2, -0.15) is 13.2 Å². The molecule has 2 N–H and O–H groups in total. The van der Waals surface area contributed by atoms with E-state index in [1.165, 1.54) is 0 Å². The van der Waals surface area contributed by atoms with Crippen molar-refractivity contribution in [3.8, 4) is 11.5 Å². The molecule has 1 aliphatic carbocycles. The molecule has 2 atom stereocenters. The number of ether oxygens (including phenoxy) is 2. The average molecular weight is 520 g/mol. The van der Waals surface area contributed by atoms with Crippen LogP contribution in [0.1, 0.15) is 62.6 Å². The number of aliphatic hydroxyl groups excluding tert-OH is 1. The predicted octanol–water partition coefficient (Wildman–Crippen LogP) is 7.25. The first-order valence-electron chi connectivity index (χ1n) is 11.9. The van der Waals surface area contributed by atoms with E-state index in [4.69, 9.17) is 4.74 Å². The molecule has 0 saturated heterocycles. The molecule has 0 aliphatic heterocycles. The van der Waals surface area contributed by atoms with E-state index in [2.05, 4.69) is 23.9 Å². The zero-order chi connectivity index (χ0) is 26.5. The lowest BCUT2D eigenvalue weighted by atomic mass is 9.80. The first kappa shape index (κ1) is 28.3. The molecule has 1 fully saturated rings. The SMILES string of the molecule is CC(C)c1cccc(Oc2cccc(C(NCC(O)C(F)(F)F)C3CCC(OC(F)(F)F)CC3)c2)c1. The maximum atomic E-state index is 12.9. The second-order valence-corrected chi connectivity index (χ2v) is 9.45. The van der Waals surface area contributed by atoms with Gasteiger partial charge in [0.25, 0.3) is 0 Å². The van der Waals surface area contributed by atoms with E-state index in [1.54, 1.807) is 30.3 Å². The van der Waals surface area contributed by atoms with Crippen molar-refractivity contribution >= 4 is 0 Å². The van der Waals surface area contributed by atoms with Gasteiger partial charge >= 0.3 is 12.5 Å². The third-order valence-electron chi connectivity index (χ3n) is 6.38. The minimum atomic E-state index is -4.79. The third-order valence-corrected chi connectivity index (χ3v) is 6.38. The summed E-state index contributed by atoms with van der Waals surface area (Å²) in [7, 11) is 0. The Labute approximate surface area is 206 Å². The normalized spacial score (nSPS) is 20.8. The third kappa shape index (κ3) is 8.38. The van der Waals surface area contributed by atoms with Crippen molar-refractivity contribution < 1.29 is 40.9 Å². The first-order chi connectivity index (χ1) is 16.8. The summed E-state index contributed by atoms with van der Waals surface area (Å²) in [5.41, 5.74) is 1.71. The molecule has 0 bridgehead atoms. The molecular weight excluding hydrogens is 488 g/mol. The van der Waals surface area contributed by atoms with E-state index >= 15 is 0 Å². The maximum absolute atomic E-state index is 12.9. The van der Waals surface area contributed by atoms with Gasteiger partial charge in [0.1, 0.15) is 11.5 Å². The quantitative estimate of drug-likeness (QED) is 0.343. The van der Waals surface area contributed by atoms with Crippen molar-refractivity contribution in [1.82, 2.24) is 5.32 Å². The molecule has 200 valence electrons. The van der Waals surface area contributed by atoms with Gasteiger partial charge in [0.2, 0.25) is 0 Å². The van der Waals surface area contributed by atoms with Crippen molar-refractivity contribution in [3.05, 3.63) is 59.7 Å². The number of alkyl halides is 6. The number of hydrogen-bond acceptors (Lipinski definition) is 4. The lowest BCUT2D eigenvalue weighted by molar-refractivity contribution is -0.345. The summed E-state index contributed by atoms with van der Waals surface area (Å²) in [4.78, 5) is 0. The van der Waals surface area contributed by atoms with E-state index in [0.29, 0.717) is 35.8 Å². The molecule has 2 aromatic carbocycles. The molecule has 36 heavy (non-hydrogen) atoms. The van der Waals surface area contributed by atoms with Crippen LogP contribution in [0, 0.1) is 5.92 Å². The van der Waals surface area contributed by atoms with Crippen LogP contribution in [0.5, 0.6) is 11.5 Å². The number of rotatable bonds is 9. The van der Waals surface area contributed by atoms with Crippen LogP contribution in [0.4, 0.5) is 26.3 Å². The molecule has 1 saturated carbocycles. The van der Waals surface area contributed by atoms with Crippen LogP contribution in [-0.2, 0) is 4.74 Å². The fraction of sp³-hybridized carbons (Fsp3) is 0.538. The summed E-state index contributed by atoms with van der Waals surface area (Å²) in [5.74, 6) is 1.13. The molecule has 0 aromatic heterocycles. The molecular formula is C26H31F6NO3. The van der Waals surface area contributed by atoms with Crippen LogP contribution in [0.15, 0.2) is 48.5 Å². The molecule has 0 heterocycles. The zero-order valence-electron chi connectivity index (χ0n) is 20.1. The number of aliphatic hydroxyl groups is 1. The molecule has 2 aromatic rings. The predicted molar refractivity (Wildman–Crippen MR) is 123 cm³/mol. The highest BCUT2D eigenvalue weighted by Crippen LogP contribution is 2.39. The zero-order valence-corrected chi connectivity index (χ0v) is 20.1. The van der Waals surface area contributed by atoms with Gasteiger partial charge in [0.15, 0.2) is 6.10 Å². The highest BCUT2D eigenvalue weighted by atomic mass is 19.4. The minimum Gasteiger partial charge on any atom is -0.457 e. The van der Waals surface area contributed by atoms with Gasteiger partial charge in [0.05, 0.1) is 6.10 Å². The van der Waals surface area contributed by atoms with E-state index in [0.717, 1.165) is 5.56 Å². The van der Waals surface area contributed by atoms with E-state index in [1.807, 2.05) is 18.2 Å². The van der Waals surface area contributed by atoms with Gasteiger partial charge in [-0.15, -0.1) is 13.2 Å². The fourth-order valence-electron chi connectivity index (χ4n) is 4.48. The Balaban J connectivity index is 1.78. The van der Waals surface area contributed by atoms with Crippen LogP contribution < -0.4 is 10.1 Å². The molecule has 0 amide bonds. The Morgan fingerprint density at radius 1 is 0.889 bits per heavy atom. The monoisotopic (exact) mass is 519 g/mol. The lowest BCUT2D eigenvalue weighted by Crippen LogP contribution is -2.42. The molecule has 2 unspecified atom stereocenters. The number of benzene rings is 2. The van der Waals surface area contributed by atoms with Gasteiger partial charge in [-0.3, -0.25) is 4.74 Å². The van der Waals surface area contributed by atoms with Crippen LogP contribution >= 0.6 is 0 Å². The van der Waals surface area contributed by atoms with Crippen LogP contribution in [0.25, 0.3) is 0 Å². The first-order valence-corrected chi connectivity index (χ1v) is 11.9. The van der Waals surface area contributed by atoms with Crippen molar-refractivity contribution in [2.45, 2.75) is 76.2 Å². The lowest BCUT2D eigenvalue weighted by Gasteiger charge is -2.35. The van der Waals surface area contributed by atoms with Crippen molar-refractivity contribution in [2.24, 2.45) is 5.92 Å². The van der Waals surface area contributed by atoms with Crippen LogP contribution in [-0.4, -0.2) is 36.4 Å². The van der Waals surface area contributed by atoms with Crippen LogP contribution in [0.3, 0.4) is 0 Å². The summed E-state index contributed by atoms with van der Waals surface area (Å²) in [5, 5.41) is 12.3. The summed E-state index contributed by atoms with van der Waals surface area (Å²) in [6.45, 7) is 3.37. The van der Waals surface area contributed by atoms with Crippen molar-refractivity contribution in [2.75, 3.05) is 6.54 Å². The summed E-state index contributed by atoms with van der Waals surface area (Å²) < 4.78 is 86.7. The second kappa shape index (κ2) is 11.8. The Bertz CT molecular complexity index is 971. The Kier molecular flexibility index (Phi) is 9.29. The van der Waals surface area contributed by atoms with Gasteiger partial charge < -0.3 is 15.2 Å². The van der Waals surface area contributed by atoms with Gasteiger partial charge in [-0.1, -0.05) is 38.1 Å². The molecule has 1 aliphatic rings. The second-order valence-electron chi connectivity index (χ2n) is 9.45. The average Bonchev–Trinajstić information content (AvgIpc) is 2.79. The maximum Gasteiger partial charge on any atom is 0.522 e. The van der Waals surface area contributed by atoms with E-state index < -0.39 is 37.3 Å². The smallest absolute Gasteiger partial charge is 0.457 e. The number of hydrogen-bond donors (Lipinski definition) is 2. The highest BCUT2D eigenvalue weighted by molar-refractivity contribution is 5.37. The summed E-state index contributed by atoms with van der Waals surface area (Å²) in [6, 6.07) is 13.8. The Morgan fingerprint density at radius 2 is 1.44 bits per heavy atom. The molecule has 10 heteroatoms. The fourth-order valence-corrected chi connectivity index (χ4v) is 4.48. The summed E-state index contributed by atoms with van der Waals surface area (Å²) in [6.07, 6.45) is -12.2. The van der Waals surface area contributed by atoms with Crippen LogP contribution in [0.2, 0.25) is 0 Å². The van der Waals surface area contributed by atoms with Crippen molar-refractivity contribution in [1.29, 1.82) is 0 Å². The topological polar surface area (TPSA) is 50.7 Å². The van der Waals surface area contributed by atoms with E-state index in [9.17, 15) is 31.4 Å². The standard InChI is InChI=1S/C26H31F6NO3/c1-16(2)18-5-3-7-21(13-18)35-22-8-4-6-19(14-22)24(33-15-23(34)25(27,28)29)17-9-11-20(12-10-17)36-26(30,31)32/h3-8,13-14,16-17,20,23-24,33-34H,9-12,15H2,1-2H3. The molecule has 0 spiro atoms. The minimum absolute atomic E-state index is 0.127. The molecule has 4 nitrogen and oxygen atoms in total. The van der Waals surface area contributed by atoms with Gasteiger partial charge in [-0.05, 0) is 72.9 Å². The summed E-state index contributed by atoms with van der Waals surface area (Å²) >= 11 is 0. The number of halogens is 6. The van der Waals surface area contributed by atoms with Crippen molar-refractivity contribution in [3.63, 3.8) is 0 Å². The number of nitrogens with one attached hydrogen (secondary N) is 1. The molecule has 3 rings (SSSR count). The van der Waals surface area contributed by atoms with Gasteiger partial charge in [-0.25, -0.2) is 0 Å². The molecule has 0 radical (unpaired) electrons. The van der Waals surface area contributed by atoms with E-state index in [-0.39, 0.29) is 18.8 Å². The largest absolute Gasteiger partial charge is 0.522 e. The van der Waals surface area contributed by atoms with Gasteiger partial charge in [0, 0.05) is 12.6 Å². The Morgan fingerprint density at radius 3 is 1.97 bits per heavy atom. The Hall–Kier alpha value is -2.30.